The van der Waals surface area contributed by atoms with Crippen molar-refractivity contribution in [2.24, 2.45) is 0 Å². The number of halogens is 1. The fourth-order valence-electron chi connectivity index (χ4n) is 0.978. The highest BCUT2D eigenvalue weighted by atomic mass is 35.5. The highest BCUT2D eigenvalue weighted by Gasteiger charge is 2.09. The summed E-state index contributed by atoms with van der Waals surface area (Å²) in [6, 6.07) is 0. The van der Waals surface area contributed by atoms with E-state index in [9.17, 15) is 4.79 Å². The van der Waals surface area contributed by atoms with Crippen molar-refractivity contribution in [2.75, 3.05) is 0 Å². The van der Waals surface area contributed by atoms with Crippen LogP contribution in [0.4, 0.5) is 0 Å². The van der Waals surface area contributed by atoms with Crippen molar-refractivity contribution < 1.29 is 4.79 Å². The lowest BCUT2D eigenvalue weighted by atomic mass is 10.3. The molecule has 0 N–H and O–H groups in total. The molecule has 0 saturated carbocycles. The summed E-state index contributed by atoms with van der Waals surface area (Å²) in [7, 11) is 0. The lowest BCUT2D eigenvalue weighted by molar-refractivity contribution is 0.102. The summed E-state index contributed by atoms with van der Waals surface area (Å²) in [6.07, 6.45) is 3.39. The monoisotopic (exact) mass is 212 g/mol. The van der Waals surface area contributed by atoms with Gasteiger partial charge in [0.15, 0.2) is 5.78 Å². The molecule has 0 bridgehead atoms. The van der Waals surface area contributed by atoms with E-state index in [1.807, 2.05) is 0 Å². The average molecular weight is 213 g/mol. The summed E-state index contributed by atoms with van der Waals surface area (Å²) in [5, 5.41) is 1.29. The lowest BCUT2D eigenvalue weighted by Crippen LogP contribution is -2.16. The molecule has 0 aliphatic carbocycles. The molecule has 1 heterocycles. The molecule has 3 heteroatoms. The maximum Gasteiger partial charge on any atom is 0.171 e. The minimum Gasteiger partial charge on any atom is -0.294 e. The maximum atomic E-state index is 11.1. The molecular weight excluding hydrogens is 204 g/mol. The smallest absolute Gasteiger partial charge is 0.171 e. The molecule has 0 aromatic carbocycles. The second kappa shape index (κ2) is 3.90. The minimum atomic E-state index is -0.0244. The largest absolute Gasteiger partial charge is 0.294 e. The molecule has 0 unspecified atom stereocenters. The standard InChI is InChI=1S/C10H9ClOS/c1-4-5-8-7(3)13-10(6(2)12)9(8)11/h4-5H,1,3H2,2H3/b8-5+. The summed E-state index contributed by atoms with van der Waals surface area (Å²) < 4.78 is 0.801. The van der Waals surface area contributed by atoms with Gasteiger partial charge in [0.05, 0.1) is 9.90 Å². The predicted octanol–water partition coefficient (Wildman–Crippen LogP) is 1.98. The molecule has 0 amide bonds. The molecule has 0 radical (unpaired) electrons. The first kappa shape index (κ1) is 10.2. The Labute approximate surface area is 85.7 Å². The van der Waals surface area contributed by atoms with E-state index >= 15 is 0 Å². The number of carbonyl (C=O) groups excluding carboxylic acids is 1. The van der Waals surface area contributed by atoms with Gasteiger partial charge in [0.1, 0.15) is 0 Å². The Bertz CT molecular complexity index is 456. The fraction of sp³-hybridized carbons (Fsp3) is 0.100. The van der Waals surface area contributed by atoms with Crippen LogP contribution >= 0.6 is 22.9 Å². The van der Waals surface area contributed by atoms with Crippen molar-refractivity contribution in [3.05, 3.63) is 32.3 Å². The number of Topliss-reactive ketones (excluding diaryl/α,β-unsaturated/α-hetero) is 1. The van der Waals surface area contributed by atoms with E-state index in [1.165, 1.54) is 18.3 Å². The zero-order valence-corrected chi connectivity index (χ0v) is 8.84. The van der Waals surface area contributed by atoms with Crippen LogP contribution in [0.5, 0.6) is 0 Å². The number of hydrogen-bond donors (Lipinski definition) is 0. The Morgan fingerprint density at radius 2 is 2.23 bits per heavy atom. The SMILES string of the molecule is C=C/C=c1/c(Cl)c(C(C)=O)sc1=C. The zero-order chi connectivity index (χ0) is 10.0. The highest BCUT2D eigenvalue weighted by molar-refractivity contribution is 7.12. The Morgan fingerprint density at radius 1 is 1.62 bits per heavy atom. The van der Waals surface area contributed by atoms with Crippen LogP contribution in [0.3, 0.4) is 0 Å². The van der Waals surface area contributed by atoms with Gasteiger partial charge in [0.25, 0.3) is 0 Å². The summed E-state index contributed by atoms with van der Waals surface area (Å²) in [5.74, 6) is -0.0244. The van der Waals surface area contributed by atoms with E-state index in [0.29, 0.717) is 9.90 Å². The fourth-order valence-corrected chi connectivity index (χ4v) is 2.33. The van der Waals surface area contributed by atoms with Crippen LogP contribution in [0.25, 0.3) is 12.7 Å². The number of rotatable bonds is 2. The van der Waals surface area contributed by atoms with Crippen molar-refractivity contribution in [2.45, 2.75) is 6.92 Å². The van der Waals surface area contributed by atoms with Gasteiger partial charge in [-0.2, -0.15) is 0 Å². The van der Waals surface area contributed by atoms with Gasteiger partial charge in [-0.05, 0) is 0 Å². The van der Waals surface area contributed by atoms with E-state index < -0.39 is 0 Å². The van der Waals surface area contributed by atoms with E-state index in [4.69, 9.17) is 11.6 Å². The first-order chi connectivity index (χ1) is 6.07. The number of ketones is 1. The third kappa shape index (κ3) is 1.90. The third-order valence-electron chi connectivity index (χ3n) is 1.57. The zero-order valence-electron chi connectivity index (χ0n) is 7.26. The lowest BCUT2D eigenvalue weighted by Gasteiger charge is -1.87. The maximum absolute atomic E-state index is 11.1. The molecule has 0 aliphatic rings. The molecule has 13 heavy (non-hydrogen) atoms. The predicted molar refractivity (Wildman–Crippen MR) is 58.8 cm³/mol. The Balaban J connectivity index is 3.58. The van der Waals surface area contributed by atoms with Crippen LogP contribution in [0.2, 0.25) is 5.02 Å². The average Bonchev–Trinajstić information content (AvgIpc) is 2.32. The Morgan fingerprint density at radius 3 is 2.62 bits per heavy atom. The number of thiophene rings is 1. The molecule has 1 rings (SSSR count). The van der Waals surface area contributed by atoms with Gasteiger partial charge in [0.2, 0.25) is 0 Å². The minimum absolute atomic E-state index is 0.0244. The van der Waals surface area contributed by atoms with Crippen molar-refractivity contribution in [1.82, 2.24) is 0 Å². The first-order valence-corrected chi connectivity index (χ1v) is 4.88. The molecule has 1 nitrogen and oxygen atoms in total. The van der Waals surface area contributed by atoms with Crippen LogP contribution in [0.1, 0.15) is 16.6 Å². The van der Waals surface area contributed by atoms with Gasteiger partial charge in [-0.25, -0.2) is 0 Å². The van der Waals surface area contributed by atoms with Gasteiger partial charge in [-0.15, -0.1) is 11.3 Å². The number of hydrogen-bond acceptors (Lipinski definition) is 2. The molecule has 68 valence electrons. The molecule has 0 atom stereocenters. The van der Waals surface area contributed by atoms with E-state index in [0.717, 1.165) is 9.75 Å². The van der Waals surface area contributed by atoms with Crippen molar-refractivity contribution in [3.8, 4) is 0 Å². The summed E-state index contributed by atoms with van der Waals surface area (Å²) in [4.78, 5) is 11.7. The van der Waals surface area contributed by atoms with E-state index in [1.54, 1.807) is 12.2 Å². The quantitative estimate of drug-likeness (QED) is 0.686. The Kier molecular flexibility index (Phi) is 3.07. The normalized spacial score (nSPS) is 11.7. The van der Waals surface area contributed by atoms with Crippen LogP contribution in [-0.4, -0.2) is 5.78 Å². The first-order valence-electron chi connectivity index (χ1n) is 3.69. The Hall–Kier alpha value is -0.860. The number of allylic oxidation sites excluding steroid dienone is 1. The second-order valence-corrected chi connectivity index (χ2v) is 4.02. The molecule has 0 saturated heterocycles. The number of carbonyl (C=O) groups is 1. The van der Waals surface area contributed by atoms with E-state index in [2.05, 4.69) is 13.2 Å². The van der Waals surface area contributed by atoms with Gasteiger partial charge in [0, 0.05) is 16.7 Å². The summed E-state index contributed by atoms with van der Waals surface area (Å²) in [5.41, 5.74) is 0. The van der Waals surface area contributed by atoms with Crippen LogP contribution in [-0.2, 0) is 0 Å². The van der Waals surface area contributed by atoms with Crippen LogP contribution in [0, 0.1) is 0 Å². The van der Waals surface area contributed by atoms with Gasteiger partial charge < -0.3 is 0 Å². The van der Waals surface area contributed by atoms with Crippen LogP contribution in [0.15, 0.2) is 12.7 Å². The topological polar surface area (TPSA) is 17.1 Å². The second-order valence-electron chi connectivity index (χ2n) is 2.54. The molecular formula is C10H9ClOS. The van der Waals surface area contributed by atoms with Crippen LogP contribution < -0.4 is 9.75 Å². The molecule has 0 fully saturated rings. The van der Waals surface area contributed by atoms with Gasteiger partial charge in [-0.3, -0.25) is 4.79 Å². The highest BCUT2D eigenvalue weighted by Crippen LogP contribution is 2.14. The molecule has 1 aromatic heterocycles. The summed E-state index contributed by atoms with van der Waals surface area (Å²) in [6.45, 7) is 8.87. The van der Waals surface area contributed by atoms with Gasteiger partial charge in [-0.1, -0.05) is 36.9 Å². The molecule has 0 aliphatic heterocycles. The van der Waals surface area contributed by atoms with E-state index in [-0.39, 0.29) is 5.78 Å². The van der Waals surface area contributed by atoms with Crippen molar-refractivity contribution in [1.29, 1.82) is 0 Å². The van der Waals surface area contributed by atoms with Crippen molar-refractivity contribution >= 4 is 41.4 Å². The summed E-state index contributed by atoms with van der Waals surface area (Å²) >= 11 is 7.29. The molecule has 0 spiro atoms. The third-order valence-corrected chi connectivity index (χ3v) is 3.23. The van der Waals surface area contributed by atoms with Gasteiger partial charge >= 0.3 is 0 Å². The molecule has 1 aromatic rings. The van der Waals surface area contributed by atoms with Crippen molar-refractivity contribution in [3.63, 3.8) is 0 Å².